The molecule has 2 aliphatic rings. The van der Waals surface area contributed by atoms with Gasteiger partial charge in [-0.1, -0.05) is 38.5 Å². The Morgan fingerprint density at radius 3 is 2.58 bits per heavy atom. The molecule has 3 amide bonds. The van der Waals surface area contributed by atoms with Gasteiger partial charge in [-0.3, -0.25) is 14.9 Å². The number of aliphatic hydroxyl groups is 1. The van der Waals surface area contributed by atoms with Crippen LogP contribution in [-0.4, -0.2) is 51.5 Å². The molecule has 8 nitrogen and oxygen atoms in total. The standard InChI is InChI=1S/C18H29N3O5/c22-15(13-8-4-3-5-9-13)12-19-21-14(17(25)20-18(21)26)10-6-1-2-7-11-16(23)24/h12-15,22H,1-11H2,(H,23,24)(H,20,25,26)/b19-12+/t14-,15-/m0/s1. The first-order valence-electron chi connectivity index (χ1n) is 9.57. The highest BCUT2D eigenvalue weighted by atomic mass is 16.4. The van der Waals surface area contributed by atoms with Crippen LogP contribution in [0.4, 0.5) is 4.79 Å². The number of hydrogen-bond acceptors (Lipinski definition) is 5. The Balaban J connectivity index is 1.80. The van der Waals surface area contributed by atoms with Gasteiger partial charge in [0.05, 0.1) is 12.3 Å². The molecule has 1 aliphatic carbocycles. The predicted molar refractivity (Wildman–Crippen MR) is 95.6 cm³/mol. The summed E-state index contributed by atoms with van der Waals surface area (Å²) in [5, 5.41) is 26.3. The second-order valence-electron chi connectivity index (χ2n) is 7.15. The third kappa shape index (κ3) is 6.09. The van der Waals surface area contributed by atoms with Crippen molar-refractivity contribution in [2.24, 2.45) is 11.0 Å². The lowest BCUT2D eigenvalue weighted by molar-refractivity contribution is -0.137. The van der Waals surface area contributed by atoms with Crippen molar-refractivity contribution in [2.75, 3.05) is 0 Å². The fourth-order valence-electron chi connectivity index (χ4n) is 3.59. The minimum Gasteiger partial charge on any atom is -0.481 e. The number of urea groups is 1. The van der Waals surface area contributed by atoms with Crippen LogP contribution in [0.5, 0.6) is 0 Å². The number of aliphatic hydroxyl groups excluding tert-OH is 1. The summed E-state index contributed by atoms with van der Waals surface area (Å²) in [4.78, 5) is 34.4. The Bertz CT molecular complexity index is 531. The number of imide groups is 1. The van der Waals surface area contributed by atoms with E-state index in [0.29, 0.717) is 19.3 Å². The number of rotatable bonds is 10. The molecule has 0 unspecified atom stereocenters. The second-order valence-corrected chi connectivity index (χ2v) is 7.15. The molecule has 1 heterocycles. The monoisotopic (exact) mass is 367 g/mol. The van der Waals surface area contributed by atoms with Crippen molar-refractivity contribution in [3.05, 3.63) is 0 Å². The molecule has 0 aromatic carbocycles. The second kappa shape index (κ2) is 10.3. The summed E-state index contributed by atoms with van der Waals surface area (Å²) >= 11 is 0. The van der Waals surface area contributed by atoms with Crippen molar-refractivity contribution < 1.29 is 24.6 Å². The Morgan fingerprint density at radius 2 is 1.88 bits per heavy atom. The van der Waals surface area contributed by atoms with E-state index in [9.17, 15) is 19.5 Å². The van der Waals surface area contributed by atoms with E-state index in [1.807, 2.05) is 0 Å². The summed E-state index contributed by atoms with van der Waals surface area (Å²) in [7, 11) is 0. The van der Waals surface area contributed by atoms with Gasteiger partial charge in [0, 0.05) is 6.42 Å². The molecule has 2 fully saturated rings. The van der Waals surface area contributed by atoms with E-state index in [4.69, 9.17) is 5.11 Å². The molecule has 1 aliphatic heterocycles. The number of nitrogens with zero attached hydrogens (tertiary/aromatic N) is 2. The van der Waals surface area contributed by atoms with E-state index < -0.39 is 24.1 Å². The van der Waals surface area contributed by atoms with E-state index in [2.05, 4.69) is 10.4 Å². The van der Waals surface area contributed by atoms with Crippen LogP contribution in [0.3, 0.4) is 0 Å². The van der Waals surface area contributed by atoms with Crippen LogP contribution in [0.1, 0.15) is 70.6 Å². The summed E-state index contributed by atoms with van der Waals surface area (Å²) in [5.41, 5.74) is 0. The third-order valence-electron chi connectivity index (χ3n) is 5.13. The lowest BCUT2D eigenvalue weighted by Crippen LogP contribution is -2.32. The molecule has 146 valence electrons. The van der Waals surface area contributed by atoms with Crippen LogP contribution in [0.25, 0.3) is 0 Å². The van der Waals surface area contributed by atoms with Crippen LogP contribution in [0.15, 0.2) is 5.10 Å². The molecule has 0 bridgehead atoms. The number of nitrogens with one attached hydrogen (secondary N) is 1. The first-order valence-corrected chi connectivity index (χ1v) is 9.57. The molecule has 2 atom stereocenters. The highest BCUT2D eigenvalue weighted by Crippen LogP contribution is 2.26. The van der Waals surface area contributed by atoms with Crippen LogP contribution in [-0.2, 0) is 9.59 Å². The Kier molecular flexibility index (Phi) is 8.03. The molecule has 3 N–H and O–H groups in total. The summed E-state index contributed by atoms with van der Waals surface area (Å²) in [6, 6.07) is -1.21. The Hall–Kier alpha value is -1.96. The van der Waals surface area contributed by atoms with Crippen molar-refractivity contribution in [1.82, 2.24) is 10.3 Å². The zero-order chi connectivity index (χ0) is 18.9. The van der Waals surface area contributed by atoms with Gasteiger partial charge in [0.2, 0.25) is 0 Å². The van der Waals surface area contributed by atoms with Gasteiger partial charge in [0.1, 0.15) is 6.04 Å². The maximum atomic E-state index is 12.0. The average molecular weight is 367 g/mol. The average Bonchev–Trinajstić information content (AvgIpc) is 2.89. The number of aliphatic carboxylic acids is 1. The van der Waals surface area contributed by atoms with E-state index in [1.165, 1.54) is 12.6 Å². The number of amides is 3. The fraction of sp³-hybridized carbons (Fsp3) is 0.778. The lowest BCUT2D eigenvalue weighted by Gasteiger charge is -2.24. The minimum atomic E-state index is -0.803. The topological polar surface area (TPSA) is 119 Å². The van der Waals surface area contributed by atoms with E-state index >= 15 is 0 Å². The maximum Gasteiger partial charge on any atom is 0.345 e. The smallest absolute Gasteiger partial charge is 0.345 e. The summed E-state index contributed by atoms with van der Waals surface area (Å²) in [6.07, 6.45) is 9.51. The fourth-order valence-corrected chi connectivity index (χ4v) is 3.59. The highest BCUT2D eigenvalue weighted by Gasteiger charge is 2.38. The van der Waals surface area contributed by atoms with Gasteiger partial charge in [-0.25, -0.2) is 9.80 Å². The van der Waals surface area contributed by atoms with Crippen LogP contribution in [0.2, 0.25) is 0 Å². The quantitative estimate of drug-likeness (QED) is 0.311. The predicted octanol–water partition coefficient (Wildman–Crippen LogP) is 2.26. The highest BCUT2D eigenvalue weighted by molar-refractivity contribution is 6.04. The van der Waals surface area contributed by atoms with Crippen LogP contribution in [0, 0.1) is 5.92 Å². The zero-order valence-electron chi connectivity index (χ0n) is 15.1. The summed E-state index contributed by atoms with van der Waals surface area (Å²) in [5.74, 6) is -1.01. The molecular formula is C18H29N3O5. The van der Waals surface area contributed by atoms with Crippen molar-refractivity contribution in [3.8, 4) is 0 Å². The van der Waals surface area contributed by atoms with E-state index in [1.54, 1.807) is 0 Å². The number of carbonyl (C=O) groups is 3. The molecular weight excluding hydrogens is 338 g/mol. The van der Waals surface area contributed by atoms with Crippen molar-refractivity contribution in [3.63, 3.8) is 0 Å². The van der Waals surface area contributed by atoms with Crippen LogP contribution >= 0.6 is 0 Å². The summed E-state index contributed by atoms with van der Waals surface area (Å²) in [6.45, 7) is 0. The van der Waals surface area contributed by atoms with Gasteiger partial charge in [-0.2, -0.15) is 5.10 Å². The number of carboxylic acid groups (broad SMARTS) is 1. The van der Waals surface area contributed by atoms with Gasteiger partial charge in [0.25, 0.3) is 5.91 Å². The molecule has 0 aromatic heterocycles. The molecule has 0 spiro atoms. The Morgan fingerprint density at radius 1 is 1.19 bits per heavy atom. The normalized spacial score (nSPS) is 22.8. The first-order chi connectivity index (χ1) is 12.5. The molecule has 0 radical (unpaired) electrons. The van der Waals surface area contributed by atoms with Gasteiger partial charge < -0.3 is 10.2 Å². The zero-order valence-corrected chi connectivity index (χ0v) is 15.1. The molecule has 8 heteroatoms. The third-order valence-corrected chi connectivity index (χ3v) is 5.13. The number of carboxylic acids is 1. The van der Waals surface area contributed by atoms with Gasteiger partial charge >= 0.3 is 12.0 Å². The minimum absolute atomic E-state index is 0.151. The summed E-state index contributed by atoms with van der Waals surface area (Å²) < 4.78 is 0. The number of hydrazone groups is 1. The lowest BCUT2D eigenvalue weighted by atomic mass is 9.86. The number of unbranched alkanes of at least 4 members (excludes halogenated alkanes) is 3. The van der Waals surface area contributed by atoms with Gasteiger partial charge in [-0.15, -0.1) is 0 Å². The van der Waals surface area contributed by atoms with Crippen molar-refractivity contribution in [1.29, 1.82) is 0 Å². The van der Waals surface area contributed by atoms with Gasteiger partial charge in [-0.05, 0) is 31.6 Å². The van der Waals surface area contributed by atoms with Crippen molar-refractivity contribution in [2.45, 2.75) is 82.8 Å². The van der Waals surface area contributed by atoms with Crippen LogP contribution < -0.4 is 5.32 Å². The molecule has 1 saturated carbocycles. The first kappa shape index (κ1) is 20.4. The molecule has 1 saturated heterocycles. The number of carbonyl (C=O) groups excluding carboxylic acids is 2. The van der Waals surface area contributed by atoms with Gasteiger partial charge in [0.15, 0.2) is 0 Å². The van der Waals surface area contributed by atoms with Crippen molar-refractivity contribution >= 4 is 24.1 Å². The molecule has 0 aromatic rings. The molecule has 2 rings (SSSR count). The van der Waals surface area contributed by atoms with E-state index in [-0.39, 0.29) is 18.2 Å². The SMILES string of the molecule is O=C(O)CCCCCC[C@H]1C(=O)NC(=O)N1/N=C/[C@H](O)C1CCCCC1. The largest absolute Gasteiger partial charge is 0.481 e. The van der Waals surface area contributed by atoms with E-state index in [0.717, 1.165) is 43.5 Å². The molecule has 26 heavy (non-hydrogen) atoms. The Labute approximate surface area is 153 Å². The number of hydrogen-bond donors (Lipinski definition) is 3. The maximum absolute atomic E-state index is 12.0.